The molecule has 164 valence electrons. The van der Waals surface area contributed by atoms with E-state index in [9.17, 15) is 0 Å². The van der Waals surface area contributed by atoms with E-state index >= 15 is 0 Å². The van der Waals surface area contributed by atoms with Gasteiger partial charge in [0.1, 0.15) is 11.5 Å². The summed E-state index contributed by atoms with van der Waals surface area (Å²) in [5, 5.41) is 0. The first-order valence-electron chi connectivity index (χ1n) is 11.5. The standard InChI is InChI=1S/C27H34N2O2/c1-21(12-13-22-8-4-3-5-9-22)18-25(27-19-28-20-31-27)29-16-14-23(15-17-29)24-10-6-7-11-26(24)30-2/h3-11,19-21,23,25H,12-18H2,1-2H3. The van der Waals surface area contributed by atoms with Gasteiger partial charge in [-0.25, -0.2) is 4.98 Å². The van der Waals surface area contributed by atoms with Gasteiger partial charge < -0.3 is 9.15 Å². The second kappa shape index (κ2) is 10.6. The van der Waals surface area contributed by atoms with Crippen molar-refractivity contribution in [1.29, 1.82) is 0 Å². The maximum Gasteiger partial charge on any atom is 0.180 e. The predicted molar refractivity (Wildman–Crippen MR) is 124 cm³/mol. The van der Waals surface area contributed by atoms with Crippen LogP contribution in [0.15, 0.2) is 71.6 Å². The molecule has 31 heavy (non-hydrogen) atoms. The third-order valence-electron chi connectivity index (χ3n) is 6.72. The number of likely N-dealkylation sites (tertiary alicyclic amines) is 1. The second-order valence-electron chi connectivity index (χ2n) is 8.84. The maximum absolute atomic E-state index is 5.79. The van der Waals surface area contributed by atoms with Crippen LogP contribution in [0.1, 0.15) is 61.5 Å². The smallest absolute Gasteiger partial charge is 0.180 e. The van der Waals surface area contributed by atoms with Crippen LogP contribution in [0.3, 0.4) is 0 Å². The van der Waals surface area contributed by atoms with E-state index in [0.717, 1.165) is 50.3 Å². The quantitative estimate of drug-likeness (QED) is 0.411. The minimum atomic E-state index is 0.298. The lowest BCUT2D eigenvalue weighted by Gasteiger charge is -2.38. The summed E-state index contributed by atoms with van der Waals surface area (Å²) < 4.78 is 11.4. The summed E-state index contributed by atoms with van der Waals surface area (Å²) in [6.07, 6.45) is 9.17. The van der Waals surface area contributed by atoms with Crippen molar-refractivity contribution in [2.24, 2.45) is 5.92 Å². The molecule has 4 heteroatoms. The molecule has 0 amide bonds. The number of benzene rings is 2. The minimum Gasteiger partial charge on any atom is -0.496 e. The van der Waals surface area contributed by atoms with E-state index in [4.69, 9.17) is 9.15 Å². The van der Waals surface area contributed by atoms with E-state index in [-0.39, 0.29) is 0 Å². The van der Waals surface area contributed by atoms with Gasteiger partial charge in [0.25, 0.3) is 0 Å². The number of nitrogens with zero attached hydrogens (tertiary/aromatic N) is 2. The number of rotatable bonds is 9. The van der Waals surface area contributed by atoms with Gasteiger partial charge in [-0.3, -0.25) is 4.90 Å². The van der Waals surface area contributed by atoms with Crippen molar-refractivity contribution in [2.45, 2.75) is 51.0 Å². The highest BCUT2D eigenvalue weighted by Crippen LogP contribution is 2.38. The Kier molecular flexibility index (Phi) is 7.42. The number of aromatic nitrogens is 1. The molecule has 2 aromatic carbocycles. The van der Waals surface area contributed by atoms with Crippen LogP contribution in [0.5, 0.6) is 5.75 Å². The van der Waals surface area contributed by atoms with Crippen molar-refractivity contribution >= 4 is 0 Å². The predicted octanol–water partition coefficient (Wildman–Crippen LogP) is 6.26. The zero-order valence-electron chi connectivity index (χ0n) is 18.7. The molecule has 0 spiro atoms. The van der Waals surface area contributed by atoms with Crippen molar-refractivity contribution in [3.8, 4) is 5.75 Å². The lowest BCUT2D eigenvalue weighted by Crippen LogP contribution is -2.37. The average Bonchev–Trinajstić information content (AvgIpc) is 3.37. The van der Waals surface area contributed by atoms with Crippen LogP contribution in [0.4, 0.5) is 0 Å². The molecule has 1 aliphatic rings. The van der Waals surface area contributed by atoms with Crippen LogP contribution in [-0.4, -0.2) is 30.1 Å². The first kappa shape index (κ1) is 21.6. The van der Waals surface area contributed by atoms with Gasteiger partial charge in [0.2, 0.25) is 0 Å². The molecule has 4 nitrogen and oxygen atoms in total. The number of piperidine rings is 1. The number of oxazole rings is 1. The highest BCUT2D eigenvalue weighted by Gasteiger charge is 2.30. The first-order chi connectivity index (χ1) is 15.2. The van der Waals surface area contributed by atoms with Crippen LogP contribution >= 0.6 is 0 Å². The average molecular weight is 419 g/mol. The van der Waals surface area contributed by atoms with Gasteiger partial charge in [-0.15, -0.1) is 0 Å². The van der Waals surface area contributed by atoms with E-state index < -0.39 is 0 Å². The summed E-state index contributed by atoms with van der Waals surface area (Å²) in [4.78, 5) is 6.82. The summed E-state index contributed by atoms with van der Waals surface area (Å²) >= 11 is 0. The van der Waals surface area contributed by atoms with Gasteiger partial charge in [-0.2, -0.15) is 0 Å². The Morgan fingerprint density at radius 3 is 2.52 bits per heavy atom. The fourth-order valence-corrected chi connectivity index (χ4v) is 4.92. The van der Waals surface area contributed by atoms with Crippen molar-refractivity contribution in [2.75, 3.05) is 20.2 Å². The van der Waals surface area contributed by atoms with E-state index in [1.165, 1.54) is 17.5 Å². The second-order valence-corrected chi connectivity index (χ2v) is 8.84. The van der Waals surface area contributed by atoms with Crippen LogP contribution in [0.25, 0.3) is 0 Å². The molecule has 2 unspecified atom stereocenters. The lowest BCUT2D eigenvalue weighted by molar-refractivity contribution is 0.115. The van der Waals surface area contributed by atoms with Gasteiger partial charge in [-0.1, -0.05) is 55.5 Å². The highest BCUT2D eigenvalue weighted by atomic mass is 16.5. The molecular formula is C27H34N2O2. The maximum atomic E-state index is 5.79. The van der Waals surface area contributed by atoms with Gasteiger partial charge in [-0.05, 0) is 74.2 Å². The van der Waals surface area contributed by atoms with Gasteiger partial charge in [0.15, 0.2) is 6.39 Å². The van der Waals surface area contributed by atoms with Crippen LogP contribution in [-0.2, 0) is 6.42 Å². The molecule has 1 saturated heterocycles. The Morgan fingerprint density at radius 2 is 1.81 bits per heavy atom. The summed E-state index contributed by atoms with van der Waals surface area (Å²) in [7, 11) is 1.77. The van der Waals surface area contributed by atoms with E-state index in [1.807, 2.05) is 12.3 Å². The zero-order valence-corrected chi connectivity index (χ0v) is 18.7. The lowest BCUT2D eigenvalue weighted by atomic mass is 9.86. The Hall–Kier alpha value is -2.59. The molecule has 2 atom stereocenters. The molecule has 0 bridgehead atoms. The van der Waals surface area contributed by atoms with Crippen molar-refractivity contribution in [3.63, 3.8) is 0 Å². The molecule has 0 radical (unpaired) electrons. The molecule has 1 aliphatic heterocycles. The molecule has 0 N–H and O–H groups in total. The molecule has 1 aromatic heterocycles. The minimum absolute atomic E-state index is 0.298. The van der Waals surface area contributed by atoms with Gasteiger partial charge in [0, 0.05) is 0 Å². The number of aryl methyl sites for hydroxylation is 1. The van der Waals surface area contributed by atoms with Crippen molar-refractivity contribution in [1.82, 2.24) is 9.88 Å². The SMILES string of the molecule is COc1ccccc1C1CCN(C(CC(C)CCc2ccccc2)c2cnco2)CC1. The first-order valence-corrected chi connectivity index (χ1v) is 11.5. The number of hydrogen-bond donors (Lipinski definition) is 0. The summed E-state index contributed by atoms with van der Waals surface area (Å²) in [6, 6.07) is 19.6. The Balaban J connectivity index is 1.38. The normalized spacial score (nSPS) is 17.4. The van der Waals surface area contributed by atoms with E-state index in [0.29, 0.717) is 17.9 Å². The topological polar surface area (TPSA) is 38.5 Å². The zero-order chi connectivity index (χ0) is 21.5. The van der Waals surface area contributed by atoms with Crippen molar-refractivity contribution in [3.05, 3.63) is 84.1 Å². The van der Waals surface area contributed by atoms with Gasteiger partial charge >= 0.3 is 0 Å². The molecule has 0 aliphatic carbocycles. The summed E-state index contributed by atoms with van der Waals surface area (Å²) in [6.45, 7) is 4.51. The largest absolute Gasteiger partial charge is 0.496 e. The highest BCUT2D eigenvalue weighted by molar-refractivity contribution is 5.36. The third-order valence-corrected chi connectivity index (χ3v) is 6.72. The number of ether oxygens (including phenoxy) is 1. The van der Waals surface area contributed by atoms with E-state index in [2.05, 4.69) is 65.3 Å². The molecule has 3 aromatic rings. The fraction of sp³-hybridized carbons (Fsp3) is 0.444. The number of hydrogen-bond acceptors (Lipinski definition) is 4. The molecular weight excluding hydrogens is 384 g/mol. The molecule has 1 fully saturated rings. The molecule has 2 heterocycles. The van der Waals surface area contributed by atoms with Gasteiger partial charge in [0.05, 0.1) is 19.3 Å². The summed E-state index contributed by atoms with van der Waals surface area (Å²) in [5.74, 6) is 3.19. The Bertz CT molecular complexity index is 902. The Morgan fingerprint density at radius 1 is 1.06 bits per heavy atom. The van der Waals surface area contributed by atoms with Crippen LogP contribution in [0.2, 0.25) is 0 Å². The van der Waals surface area contributed by atoms with E-state index in [1.54, 1.807) is 13.5 Å². The van der Waals surface area contributed by atoms with Crippen LogP contribution < -0.4 is 4.74 Å². The van der Waals surface area contributed by atoms with Crippen molar-refractivity contribution < 1.29 is 9.15 Å². The summed E-state index contributed by atoms with van der Waals surface area (Å²) in [5.41, 5.74) is 2.76. The van der Waals surface area contributed by atoms with Crippen LogP contribution in [0, 0.1) is 5.92 Å². The number of para-hydroxylation sites is 1. The number of methoxy groups -OCH3 is 1. The Labute approximate surface area is 186 Å². The molecule has 4 rings (SSSR count). The monoisotopic (exact) mass is 418 g/mol. The third kappa shape index (κ3) is 5.56. The molecule has 0 saturated carbocycles. The fourth-order valence-electron chi connectivity index (χ4n) is 4.92.